The molecule has 1 aliphatic carbocycles. The highest BCUT2D eigenvalue weighted by atomic mass is 35.5. The third-order valence-electron chi connectivity index (χ3n) is 5.71. The number of nitrogens with one attached hydrogen (secondary N) is 1. The zero-order valence-electron chi connectivity index (χ0n) is 16.2. The molecule has 2 aliphatic heterocycles. The number of allylic oxidation sites excluding steroid dienone is 3. The predicted octanol–water partition coefficient (Wildman–Crippen LogP) is 4.68. The summed E-state index contributed by atoms with van der Waals surface area (Å²) in [5.41, 5.74) is 3.18. The van der Waals surface area contributed by atoms with E-state index >= 15 is 0 Å². The van der Waals surface area contributed by atoms with Crippen molar-refractivity contribution in [3.8, 4) is 0 Å². The molecule has 1 aromatic rings. The highest BCUT2D eigenvalue weighted by molar-refractivity contribution is 6.42. The number of ketones is 1. The molecular formula is C22H23Cl2NO4. The van der Waals surface area contributed by atoms with Gasteiger partial charge in [0.25, 0.3) is 0 Å². The number of carbonyl (C=O) groups excluding carboxylic acids is 2. The van der Waals surface area contributed by atoms with Crippen molar-refractivity contribution in [2.45, 2.75) is 51.0 Å². The molecule has 29 heavy (non-hydrogen) atoms. The molecule has 0 bridgehead atoms. The van der Waals surface area contributed by atoms with Crippen LogP contribution in [-0.2, 0) is 19.1 Å². The number of esters is 1. The fourth-order valence-corrected chi connectivity index (χ4v) is 4.75. The minimum absolute atomic E-state index is 0.0247. The molecule has 0 unspecified atom stereocenters. The topological polar surface area (TPSA) is 64.6 Å². The first-order valence-corrected chi connectivity index (χ1v) is 10.7. The second-order valence-corrected chi connectivity index (χ2v) is 8.43. The van der Waals surface area contributed by atoms with Gasteiger partial charge in [0.15, 0.2) is 5.78 Å². The van der Waals surface area contributed by atoms with Gasteiger partial charge in [0.05, 0.1) is 21.7 Å². The van der Waals surface area contributed by atoms with Gasteiger partial charge in [0.2, 0.25) is 0 Å². The van der Waals surface area contributed by atoms with Gasteiger partial charge in [-0.25, -0.2) is 4.79 Å². The van der Waals surface area contributed by atoms with E-state index in [0.29, 0.717) is 45.5 Å². The van der Waals surface area contributed by atoms with E-state index in [9.17, 15) is 9.59 Å². The van der Waals surface area contributed by atoms with Crippen LogP contribution in [0.4, 0.5) is 0 Å². The smallest absolute Gasteiger partial charge is 0.336 e. The van der Waals surface area contributed by atoms with Crippen molar-refractivity contribution in [3.63, 3.8) is 0 Å². The standard InChI is InChI=1S/C22H23Cl2NO4/c1-12-18(22(27)29-11-13-5-4-10-28-13)19(14-6-2-7-15(23)21(14)24)20-16(25-12)8-3-9-17(20)26/h2,6-7,13,19,25H,3-5,8-11H2,1H3/t13-,19+/m0/s1. The zero-order valence-corrected chi connectivity index (χ0v) is 17.7. The SMILES string of the molecule is CC1=C(C(=O)OC[C@@H]2CCCO2)[C@@H](c2cccc(Cl)c2Cl)C2=C(CCCC2=O)N1. The number of benzene rings is 1. The molecule has 0 spiro atoms. The van der Waals surface area contributed by atoms with Crippen LogP contribution in [0.3, 0.4) is 0 Å². The average molecular weight is 436 g/mol. The van der Waals surface area contributed by atoms with E-state index in [1.165, 1.54) is 0 Å². The Morgan fingerprint density at radius 3 is 2.86 bits per heavy atom. The molecule has 5 nitrogen and oxygen atoms in total. The van der Waals surface area contributed by atoms with Crippen LogP contribution in [0, 0.1) is 0 Å². The fourth-order valence-electron chi connectivity index (χ4n) is 4.33. The van der Waals surface area contributed by atoms with Crippen molar-refractivity contribution in [2.75, 3.05) is 13.2 Å². The number of dihydropyridines is 1. The van der Waals surface area contributed by atoms with Crippen LogP contribution >= 0.6 is 23.2 Å². The number of carbonyl (C=O) groups is 2. The van der Waals surface area contributed by atoms with Gasteiger partial charge in [-0.05, 0) is 44.2 Å². The van der Waals surface area contributed by atoms with Crippen LogP contribution in [0.1, 0.15) is 50.5 Å². The lowest BCUT2D eigenvalue weighted by atomic mass is 9.75. The summed E-state index contributed by atoms with van der Waals surface area (Å²) in [5, 5.41) is 4.01. The monoisotopic (exact) mass is 435 g/mol. The molecule has 1 N–H and O–H groups in total. The van der Waals surface area contributed by atoms with Crippen molar-refractivity contribution >= 4 is 35.0 Å². The van der Waals surface area contributed by atoms with Gasteiger partial charge < -0.3 is 14.8 Å². The summed E-state index contributed by atoms with van der Waals surface area (Å²) in [4.78, 5) is 26.0. The summed E-state index contributed by atoms with van der Waals surface area (Å²) in [6.07, 6.45) is 3.76. The minimum atomic E-state index is -0.595. The van der Waals surface area contributed by atoms with Crippen LogP contribution in [0.5, 0.6) is 0 Å². The highest BCUT2D eigenvalue weighted by Gasteiger charge is 2.40. The summed E-state index contributed by atoms with van der Waals surface area (Å²) in [5.74, 6) is -1.03. The summed E-state index contributed by atoms with van der Waals surface area (Å²) >= 11 is 12.8. The molecule has 2 atom stereocenters. The minimum Gasteiger partial charge on any atom is -0.459 e. The van der Waals surface area contributed by atoms with E-state index in [1.807, 2.05) is 13.0 Å². The number of Topliss-reactive ketones (excluding diaryl/α,β-unsaturated/α-hetero) is 1. The van der Waals surface area contributed by atoms with Crippen molar-refractivity contribution in [1.29, 1.82) is 0 Å². The summed E-state index contributed by atoms with van der Waals surface area (Å²) < 4.78 is 11.2. The molecule has 154 valence electrons. The van der Waals surface area contributed by atoms with E-state index in [1.54, 1.807) is 12.1 Å². The summed E-state index contributed by atoms with van der Waals surface area (Å²) in [7, 11) is 0. The number of halogens is 2. The van der Waals surface area contributed by atoms with Crippen molar-refractivity contribution in [3.05, 3.63) is 56.3 Å². The van der Waals surface area contributed by atoms with Crippen molar-refractivity contribution < 1.29 is 19.1 Å². The van der Waals surface area contributed by atoms with Crippen molar-refractivity contribution in [1.82, 2.24) is 5.32 Å². The third kappa shape index (κ3) is 3.96. The Bertz CT molecular complexity index is 915. The van der Waals surface area contributed by atoms with Gasteiger partial charge >= 0.3 is 5.97 Å². The maximum Gasteiger partial charge on any atom is 0.336 e. The number of hydrogen-bond donors (Lipinski definition) is 1. The predicted molar refractivity (Wildman–Crippen MR) is 111 cm³/mol. The highest BCUT2D eigenvalue weighted by Crippen LogP contribution is 2.45. The molecule has 0 saturated carbocycles. The van der Waals surface area contributed by atoms with E-state index in [2.05, 4.69) is 5.32 Å². The molecule has 1 saturated heterocycles. The van der Waals surface area contributed by atoms with Crippen LogP contribution in [0.2, 0.25) is 10.0 Å². The zero-order chi connectivity index (χ0) is 20.5. The van der Waals surface area contributed by atoms with E-state index < -0.39 is 11.9 Å². The lowest BCUT2D eigenvalue weighted by Crippen LogP contribution is -2.35. The number of ether oxygens (including phenoxy) is 2. The molecule has 0 amide bonds. The maximum atomic E-state index is 13.1. The number of rotatable bonds is 4. The Balaban J connectivity index is 1.74. The molecule has 0 aromatic heterocycles. The van der Waals surface area contributed by atoms with Gasteiger partial charge in [0.1, 0.15) is 6.61 Å². The molecule has 2 heterocycles. The Labute approximate surface area is 180 Å². The van der Waals surface area contributed by atoms with E-state index in [-0.39, 0.29) is 18.5 Å². The van der Waals surface area contributed by atoms with Gasteiger partial charge in [-0.2, -0.15) is 0 Å². The fraction of sp³-hybridized carbons (Fsp3) is 0.455. The molecule has 4 rings (SSSR count). The summed E-state index contributed by atoms with van der Waals surface area (Å²) in [6, 6.07) is 5.29. The second-order valence-electron chi connectivity index (χ2n) is 7.64. The number of hydrogen-bond acceptors (Lipinski definition) is 5. The van der Waals surface area contributed by atoms with Crippen LogP contribution in [-0.4, -0.2) is 31.1 Å². The molecule has 3 aliphatic rings. The molecule has 7 heteroatoms. The quantitative estimate of drug-likeness (QED) is 0.695. The Kier molecular flexibility index (Phi) is 6.00. The van der Waals surface area contributed by atoms with Gasteiger partial charge in [0, 0.05) is 35.9 Å². The van der Waals surface area contributed by atoms with Gasteiger partial charge in [-0.1, -0.05) is 35.3 Å². The molecule has 0 radical (unpaired) electrons. The summed E-state index contributed by atoms with van der Waals surface area (Å²) in [6.45, 7) is 2.72. The lowest BCUT2D eigenvalue weighted by molar-refractivity contribution is -0.142. The van der Waals surface area contributed by atoms with E-state index in [4.69, 9.17) is 32.7 Å². The maximum absolute atomic E-state index is 13.1. The van der Waals surface area contributed by atoms with Crippen LogP contribution in [0.25, 0.3) is 0 Å². The Hall–Kier alpha value is -1.82. The first kappa shape index (κ1) is 20.5. The first-order chi connectivity index (χ1) is 14.0. The second kappa shape index (κ2) is 8.50. The Morgan fingerprint density at radius 1 is 1.28 bits per heavy atom. The molecule has 1 fully saturated rings. The Morgan fingerprint density at radius 2 is 2.10 bits per heavy atom. The largest absolute Gasteiger partial charge is 0.459 e. The normalized spacial score (nSPS) is 24.4. The first-order valence-electron chi connectivity index (χ1n) is 9.94. The average Bonchev–Trinajstić information content (AvgIpc) is 3.21. The lowest BCUT2D eigenvalue weighted by Gasteiger charge is -2.34. The van der Waals surface area contributed by atoms with E-state index in [0.717, 1.165) is 31.4 Å². The third-order valence-corrected chi connectivity index (χ3v) is 6.55. The van der Waals surface area contributed by atoms with Gasteiger partial charge in [-0.15, -0.1) is 0 Å². The van der Waals surface area contributed by atoms with Crippen LogP contribution in [0.15, 0.2) is 40.7 Å². The molecular weight excluding hydrogens is 413 g/mol. The van der Waals surface area contributed by atoms with Crippen LogP contribution < -0.4 is 5.32 Å². The van der Waals surface area contributed by atoms with Gasteiger partial charge in [-0.3, -0.25) is 4.79 Å². The van der Waals surface area contributed by atoms with Crippen molar-refractivity contribution in [2.24, 2.45) is 0 Å². The molecule has 1 aromatic carbocycles.